The molecule has 2 rings (SSSR count). The Hall–Kier alpha value is -1.95. The Morgan fingerprint density at radius 1 is 1.24 bits per heavy atom. The van der Waals surface area contributed by atoms with Gasteiger partial charge in [0.2, 0.25) is 0 Å². The van der Waals surface area contributed by atoms with Crippen molar-refractivity contribution in [3.63, 3.8) is 0 Å². The molecular formula is C10H7ClF2N4. The average Bonchev–Trinajstić information content (AvgIpc) is 2.30. The van der Waals surface area contributed by atoms with Gasteiger partial charge < -0.3 is 11.1 Å². The van der Waals surface area contributed by atoms with Crippen molar-refractivity contribution < 1.29 is 8.78 Å². The number of aromatic nitrogens is 2. The molecule has 0 atom stereocenters. The maximum absolute atomic E-state index is 13.3. The van der Waals surface area contributed by atoms with Crippen LogP contribution in [0.1, 0.15) is 0 Å². The molecule has 1 aromatic carbocycles. The van der Waals surface area contributed by atoms with Gasteiger partial charge in [0.05, 0.1) is 5.69 Å². The number of nitrogens with one attached hydrogen (secondary N) is 1. The van der Waals surface area contributed by atoms with Crippen LogP contribution in [0.3, 0.4) is 0 Å². The molecule has 3 N–H and O–H groups in total. The molecule has 0 spiro atoms. The highest BCUT2D eigenvalue weighted by molar-refractivity contribution is 6.35. The zero-order valence-corrected chi connectivity index (χ0v) is 9.17. The number of hydrogen-bond donors (Lipinski definition) is 2. The zero-order chi connectivity index (χ0) is 12.4. The van der Waals surface area contributed by atoms with E-state index in [1.54, 1.807) is 0 Å². The fraction of sp³-hybridized carbons (Fsp3) is 0. The van der Waals surface area contributed by atoms with Gasteiger partial charge in [-0.3, -0.25) is 0 Å². The average molecular weight is 257 g/mol. The van der Waals surface area contributed by atoms with Crippen LogP contribution in [0, 0.1) is 11.6 Å². The van der Waals surface area contributed by atoms with Gasteiger partial charge in [-0.15, -0.1) is 0 Å². The van der Waals surface area contributed by atoms with Gasteiger partial charge in [0.1, 0.15) is 28.8 Å². The number of nitrogens with two attached hydrogens (primary N) is 1. The number of anilines is 3. The molecule has 2 aromatic rings. The van der Waals surface area contributed by atoms with E-state index in [2.05, 4.69) is 15.3 Å². The summed E-state index contributed by atoms with van der Waals surface area (Å²) in [6, 6.07) is 3.00. The molecule has 88 valence electrons. The van der Waals surface area contributed by atoms with Crippen LogP contribution in [-0.4, -0.2) is 9.97 Å². The molecule has 0 unspecified atom stereocenters. The van der Waals surface area contributed by atoms with E-state index in [1.165, 1.54) is 6.33 Å². The van der Waals surface area contributed by atoms with Crippen LogP contribution < -0.4 is 11.1 Å². The second-order valence-electron chi connectivity index (χ2n) is 3.17. The molecule has 0 radical (unpaired) electrons. The van der Waals surface area contributed by atoms with Crippen LogP contribution in [0.25, 0.3) is 0 Å². The van der Waals surface area contributed by atoms with Crippen molar-refractivity contribution in [3.8, 4) is 0 Å². The van der Waals surface area contributed by atoms with Crippen molar-refractivity contribution in [3.05, 3.63) is 41.2 Å². The van der Waals surface area contributed by atoms with Crippen molar-refractivity contribution in [2.24, 2.45) is 0 Å². The minimum Gasteiger partial charge on any atom is -0.382 e. The lowest BCUT2D eigenvalue weighted by Gasteiger charge is -2.08. The summed E-state index contributed by atoms with van der Waals surface area (Å²) < 4.78 is 26.3. The van der Waals surface area contributed by atoms with Gasteiger partial charge in [-0.2, -0.15) is 0 Å². The number of halogens is 3. The Bertz CT molecular complexity index is 562. The van der Waals surface area contributed by atoms with Gasteiger partial charge in [0, 0.05) is 6.07 Å². The van der Waals surface area contributed by atoms with Crippen molar-refractivity contribution in [2.75, 3.05) is 11.1 Å². The summed E-state index contributed by atoms with van der Waals surface area (Å²) >= 11 is 5.81. The van der Waals surface area contributed by atoms with E-state index >= 15 is 0 Å². The lowest BCUT2D eigenvalue weighted by atomic mass is 10.3. The SMILES string of the molecule is Nc1ncnc(Nc2cc(F)ccc2F)c1Cl. The summed E-state index contributed by atoms with van der Waals surface area (Å²) in [5, 5.41) is 2.60. The zero-order valence-electron chi connectivity index (χ0n) is 8.42. The van der Waals surface area contributed by atoms with Crippen LogP contribution >= 0.6 is 11.6 Å². The van der Waals surface area contributed by atoms with Crippen molar-refractivity contribution in [2.45, 2.75) is 0 Å². The van der Waals surface area contributed by atoms with Gasteiger partial charge in [0.25, 0.3) is 0 Å². The van der Waals surface area contributed by atoms with Crippen LogP contribution in [0.2, 0.25) is 5.02 Å². The van der Waals surface area contributed by atoms with E-state index in [9.17, 15) is 8.78 Å². The van der Waals surface area contributed by atoms with E-state index in [0.717, 1.165) is 18.2 Å². The van der Waals surface area contributed by atoms with Crippen LogP contribution in [0.5, 0.6) is 0 Å². The fourth-order valence-corrected chi connectivity index (χ4v) is 1.34. The van der Waals surface area contributed by atoms with Crippen molar-refractivity contribution in [1.29, 1.82) is 0 Å². The summed E-state index contributed by atoms with van der Waals surface area (Å²) in [6.45, 7) is 0. The highest BCUT2D eigenvalue weighted by Crippen LogP contribution is 2.27. The molecule has 0 aliphatic rings. The predicted octanol–water partition coefficient (Wildman–Crippen LogP) is 2.73. The lowest BCUT2D eigenvalue weighted by Crippen LogP contribution is -2.01. The standard InChI is InChI=1S/C10H7ClF2N4/c11-8-9(14)15-4-16-10(8)17-7-3-5(12)1-2-6(7)13/h1-4H,(H3,14,15,16,17). The number of nitrogens with zero attached hydrogens (tertiary/aromatic N) is 2. The quantitative estimate of drug-likeness (QED) is 0.867. The Morgan fingerprint density at radius 2 is 2.00 bits per heavy atom. The van der Waals surface area contributed by atoms with Crippen LogP contribution in [-0.2, 0) is 0 Å². The molecule has 17 heavy (non-hydrogen) atoms. The third-order valence-corrected chi connectivity index (χ3v) is 2.37. The number of hydrogen-bond acceptors (Lipinski definition) is 4. The summed E-state index contributed by atoms with van der Waals surface area (Å²) in [5.74, 6) is -1.03. The van der Waals surface area contributed by atoms with Gasteiger partial charge in [-0.05, 0) is 12.1 Å². The molecule has 0 amide bonds. The molecule has 1 heterocycles. The first-order valence-corrected chi connectivity index (χ1v) is 4.94. The number of nitrogen functional groups attached to an aromatic ring is 1. The van der Waals surface area contributed by atoms with Gasteiger partial charge in [0.15, 0.2) is 5.82 Å². The molecule has 4 nitrogen and oxygen atoms in total. The van der Waals surface area contributed by atoms with E-state index in [1.807, 2.05) is 0 Å². The normalized spacial score (nSPS) is 10.3. The first kappa shape index (κ1) is 11.5. The molecule has 0 aliphatic carbocycles. The number of rotatable bonds is 2. The van der Waals surface area contributed by atoms with E-state index < -0.39 is 11.6 Å². The summed E-state index contributed by atoms with van der Waals surface area (Å²) in [6.07, 6.45) is 1.17. The molecule has 0 fully saturated rings. The highest BCUT2D eigenvalue weighted by Gasteiger charge is 2.09. The molecule has 0 saturated carbocycles. The summed E-state index contributed by atoms with van der Waals surface area (Å²) in [7, 11) is 0. The van der Waals surface area contributed by atoms with Crippen LogP contribution in [0.4, 0.5) is 26.1 Å². The second kappa shape index (κ2) is 4.50. The maximum Gasteiger partial charge on any atom is 0.154 e. The lowest BCUT2D eigenvalue weighted by molar-refractivity contribution is 0.603. The second-order valence-corrected chi connectivity index (χ2v) is 3.55. The topological polar surface area (TPSA) is 63.8 Å². The first-order chi connectivity index (χ1) is 8.08. The van der Waals surface area contributed by atoms with E-state index in [0.29, 0.717) is 0 Å². The van der Waals surface area contributed by atoms with E-state index in [-0.39, 0.29) is 22.3 Å². The third-order valence-electron chi connectivity index (χ3n) is 2.00. The van der Waals surface area contributed by atoms with Gasteiger partial charge >= 0.3 is 0 Å². The molecule has 0 aliphatic heterocycles. The Kier molecular flexibility index (Phi) is 3.06. The minimum absolute atomic E-state index is 0.0520. The Balaban J connectivity index is 2.38. The van der Waals surface area contributed by atoms with Gasteiger partial charge in [-0.25, -0.2) is 18.7 Å². The predicted molar refractivity (Wildman–Crippen MR) is 61.1 cm³/mol. The molecule has 1 aromatic heterocycles. The maximum atomic E-state index is 13.3. The Labute approximate surface area is 100 Å². The van der Waals surface area contributed by atoms with Crippen molar-refractivity contribution >= 4 is 28.9 Å². The Morgan fingerprint density at radius 3 is 2.76 bits per heavy atom. The largest absolute Gasteiger partial charge is 0.382 e. The first-order valence-electron chi connectivity index (χ1n) is 4.56. The summed E-state index contributed by atoms with van der Waals surface area (Å²) in [4.78, 5) is 7.43. The smallest absolute Gasteiger partial charge is 0.154 e. The molecule has 0 saturated heterocycles. The third kappa shape index (κ3) is 2.42. The molecular weight excluding hydrogens is 250 g/mol. The van der Waals surface area contributed by atoms with E-state index in [4.69, 9.17) is 17.3 Å². The minimum atomic E-state index is -0.625. The monoisotopic (exact) mass is 256 g/mol. The summed E-state index contributed by atoms with van der Waals surface area (Å²) in [5.41, 5.74) is 5.37. The molecule has 7 heteroatoms. The fourth-order valence-electron chi connectivity index (χ4n) is 1.19. The molecule has 0 bridgehead atoms. The van der Waals surface area contributed by atoms with Gasteiger partial charge in [-0.1, -0.05) is 11.6 Å². The highest BCUT2D eigenvalue weighted by atomic mass is 35.5. The van der Waals surface area contributed by atoms with Crippen LogP contribution in [0.15, 0.2) is 24.5 Å². The number of benzene rings is 1. The van der Waals surface area contributed by atoms with Crippen molar-refractivity contribution in [1.82, 2.24) is 9.97 Å².